The summed E-state index contributed by atoms with van der Waals surface area (Å²) in [5, 5.41) is 0.503. The van der Waals surface area contributed by atoms with Crippen LogP contribution in [0.25, 0.3) is 0 Å². The van der Waals surface area contributed by atoms with Gasteiger partial charge in [-0.05, 0) is 18.6 Å². The van der Waals surface area contributed by atoms with Gasteiger partial charge in [0.25, 0.3) is 0 Å². The predicted octanol–water partition coefficient (Wildman–Crippen LogP) is 2.35. The third-order valence-corrected chi connectivity index (χ3v) is 2.46. The van der Waals surface area contributed by atoms with Crippen molar-refractivity contribution in [3.8, 4) is 5.75 Å². The summed E-state index contributed by atoms with van der Waals surface area (Å²) >= 11 is 5.86. The van der Waals surface area contributed by atoms with Crippen molar-refractivity contribution < 1.29 is 14.2 Å². The first-order valence-corrected chi connectivity index (χ1v) is 5.87. The van der Waals surface area contributed by atoms with Crippen LogP contribution in [0.3, 0.4) is 0 Å². The van der Waals surface area contributed by atoms with Crippen LogP contribution in [0.15, 0.2) is 18.2 Å². The van der Waals surface area contributed by atoms with E-state index in [4.69, 9.17) is 31.5 Å². The topological polar surface area (TPSA) is 53.7 Å². The molecule has 96 valence electrons. The zero-order chi connectivity index (χ0) is 12.5. The van der Waals surface area contributed by atoms with E-state index in [2.05, 4.69) is 0 Å². The highest BCUT2D eigenvalue weighted by Crippen LogP contribution is 2.28. The predicted molar refractivity (Wildman–Crippen MR) is 68.7 cm³/mol. The van der Waals surface area contributed by atoms with Crippen LogP contribution in [0.2, 0.25) is 5.02 Å². The Morgan fingerprint density at radius 1 is 1.18 bits per heavy atom. The molecule has 1 aromatic carbocycles. The molecule has 0 bridgehead atoms. The monoisotopic (exact) mass is 259 g/mol. The highest BCUT2D eigenvalue weighted by atomic mass is 35.5. The Bertz CT molecular complexity index is 334. The van der Waals surface area contributed by atoms with Crippen molar-refractivity contribution in [2.75, 3.05) is 39.3 Å². The van der Waals surface area contributed by atoms with Crippen LogP contribution in [0, 0.1) is 0 Å². The van der Waals surface area contributed by atoms with E-state index < -0.39 is 0 Å². The van der Waals surface area contributed by atoms with Crippen LogP contribution in [0.4, 0.5) is 5.69 Å². The number of hydrogen-bond donors (Lipinski definition) is 1. The van der Waals surface area contributed by atoms with E-state index in [0.717, 1.165) is 6.42 Å². The van der Waals surface area contributed by atoms with Crippen molar-refractivity contribution in [3.63, 3.8) is 0 Å². The fraction of sp³-hybridized carbons (Fsp3) is 0.500. The van der Waals surface area contributed by atoms with E-state index in [-0.39, 0.29) is 0 Å². The van der Waals surface area contributed by atoms with Crippen LogP contribution < -0.4 is 10.5 Å². The van der Waals surface area contributed by atoms with E-state index >= 15 is 0 Å². The molecule has 5 heteroatoms. The number of benzene rings is 1. The molecule has 1 rings (SSSR count). The Morgan fingerprint density at radius 2 is 2.00 bits per heavy atom. The van der Waals surface area contributed by atoms with Crippen molar-refractivity contribution in [1.82, 2.24) is 0 Å². The lowest BCUT2D eigenvalue weighted by Gasteiger charge is -2.10. The summed E-state index contributed by atoms with van der Waals surface area (Å²) in [6, 6.07) is 5.31. The molecule has 2 N–H and O–H groups in total. The van der Waals surface area contributed by atoms with Crippen molar-refractivity contribution in [3.05, 3.63) is 23.2 Å². The Kier molecular flexibility index (Phi) is 6.77. The highest BCUT2D eigenvalue weighted by molar-refractivity contribution is 6.33. The van der Waals surface area contributed by atoms with E-state index in [1.807, 2.05) is 0 Å². The molecule has 0 aliphatic carbocycles. The SMILES string of the molecule is COCCCOCCOc1cccc(Cl)c1N. The van der Waals surface area contributed by atoms with Crippen molar-refractivity contribution in [2.45, 2.75) is 6.42 Å². The molecule has 17 heavy (non-hydrogen) atoms. The highest BCUT2D eigenvalue weighted by Gasteiger charge is 2.03. The lowest BCUT2D eigenvalue weighted by Crippen LogP contribution is -2.09. The van der Waals surface area contributed by atoms with E-state index in [1.165, 1.54) is 0 Å². The largest absolute Gasteiger partial charge is 0.489 e. The zero-order valence-corrected chi connectivity index (χ0v) is 10.7. The molecule has 0 radical (unpaired) electrons. The van der Waals surface area contributed by atoms with Gasteiger partial charge in [-0.15, -0.1) is 0 Å². The second-order valence-corrected chi connectivity index (χ2v) is 3.87. The second-order valence-electron chi connectivity index (χ2n) is 3.46. The normalized spacial score (nSPS) is 10.5. The van der Waals surface area contributed by atoms with Gasteiger partial charge in [0.05, 0.1) is 17.3 Å². The Labute approximate surface area is 107 Å². The summed E-state index contributed by atoms with van der Waals surface area (Å²) in [6.07, 6.45) is 0.885. The molecule has 0 aromatic heterocycles. The third-order valence-electron chi connectivity index (χ3n) is 2.14. The van der Waals surface area contributed by atoms with Gasteiger partial charge in [-0.2, -0.15) is 0 Å². The molecule has 0 saturated carbocycles. The third kappa shape index (κ3) is 5.26. The van der Waals surface area contributed by atoms with E-state index in [0.29, 0.717) is 42.9 Å². The molecule has 0 atom stereocenters. The summed E-state index contributed by atoms with van der Waals surface area (Å²) < 4.78 is 15.7. The van der Waals surface area contributed by atoms with Gasteiger partial charge in [0.2, 0.25) is 0 Å². The molecular weight excluding hydrogens is 242 g/mol. The van der Waals surface area contributed by atoms with Gasteiger partial charge in [-0.25, -0.2) is 0 Å². The summed E-state index contributed by atoms with van der Waals surface area (Å²) in [4.78, 5) is 0. The molecule has 0 heterocycles. The molecule has 1 aromatic rings. The van der Waals surface area contributed by atoms with Crippen LogP contribution in [-0.2, 0) is 9.47 Å². The van der Waals surface area contributed by atoms with Gasteiger partial charge >= 0.3 is 0 Å². The first kappa shape index (κ1) is 14.1. The number of nitrogen functional groups attached to an aromatic ring is 1. The fourth-order valence-corrected chi connectivity index (χ4v) is 1.43. The van der Waals surface area contributed by atoms with Crippen LogP contribution in [0.1, 0.15) is 6.42 Å². The molecule has 0 amide bonds. The van der Waals surface area contributed by atoms with Crippen molar-refractivity contribution >= 4 is 17.3 Å². The molecule has 0 unspecified atom stereocenters. The van der Waals surface area contributed by atoms with Gasteiger partial charge < -0.3 is 19.9 Å². The molecule has 4 nitrogen and oxygen atoms in total. The maximum Gasteiger partial charge on any atom is 0.143 e. The summed E-state index contributed by atoms with van der Waals surface area (Å²) in [5.41, 5.74) is 6.22. The number of rotatable bonds is 8. The Morgan fingerprint density at radius 3 is 2.76 bits per heavy atom. The number of anilines is 1. The minimum Gasteiger partial charge on any atom is -0.489 e. The van der Waals surface area contributed by atoms with Crippen LogP contribution in [-0.4, -0.2) is 33.5 Å². The molecule has 0 aliphatic heterocycles. The van der Waals surface area contributed by atoms with Gasteiger partial charge in [0, 0.05) is 20.3 Å². The first-order valence-electron chi connectivity index (χ1n) is 5.49. The number of para-hydroxylation sites is 1. The smallest absolute Gasteiger partial charge is 0.143 e. The maximum atomic E-state index is 5.86. The molecule has 0 aliphatic rings. The number of nitrogens with two attached hydrogens (primary N) is 1. The van der Waals surface area contributed by atoms with Crippen molar-refractivity contribution in [2.24, 2.45) is 0 Å². The van der Waals surface area contributed by atoms with Gasteiger partial charge in [-0.1, -0.05) is 17.7 Å². The van der Waals surface area contributed by atoms with Crippen LogP contribution >= 0.6 is 11.6 Å². The summed E-state index contributed by atoms with van der Waals surface area (Å²) in [7, 11) is 1.67. The minimum atomic E-state index is 0.456. The lowest BCUT2D eigenvalue weighted by molar-refractivity contribution is 0.0808. The number of halogens is 1. The average molecular weight is 260 g/mol. The Hall–Kier alpha value is -0.970. The first-order chi connectivity index (χ1) is 8.25. The minimum absolute atomic E-state index is 0.456. The lowest BCUT2D eigenvalue weighted by atomic mass is 10.3. The molecular formula is C12H18ClNO3. The second kappa shape index (κ2) is 8.17. The Balaban J connectivity index is 2.16. The zero-order valence-electron chi connectivity index (χ0n) is 9.95. The van der Waals surface area contributed by atoms with E-state index in [1.54, 1.807) is 25.3 Å². The fourth-order valence-electron chi connectivity index (χ4n) is 1.26. The summed E-state index contributed by atoms with van der Waals surface area (Å²) in [5.74, 6) is 0.595. The van der Waals surface area contributed by atoms with Gasteiger partial charge in [-0.3, -0.25) is 0 Å². The molecule has 0 spiro atoms. The average Bonchev–Trinajstić information content (AvgIpc) is 2.33. The van der Waals surface area contributed by atoms with Crippen LogP contribution in [0.5, 0.6) is 5.75 Å². The number of methoxy groups -OCH3 is 1. The van der Waals surface area contributed by atoms with Gasteiger partial charge in [0.15, 0.2) is 0 Å². The number of ether oxygens (including phenoxy) is 3. The van der Waals surface area contributed by atoms with Gasteiger partial charge in [0.1, 0.15) is 12.4 Å². The van der Waals surface area contributed by atoms with Crippen molar-refractivity contribution in [1.29, 1.82) is 0 Å². The quantitative estimate of drug-likeness (QED) is 0.575. The molecule has 0 fully saturated rings. The molecule has 0 saturated heterocycles. The maximum absolute atomic E-state index is 5.86. The number of hydrogen-bond acceptors (Lipinski definition) is 4. The summed E-state index contributed by atoms with van der Waals surface area (Å²) in [6.45, 7) is 2.36. The standard InChI is InChI=1S/C12H18ClNO3/c1-15-6-3-7-16-8-9-17-11-5-2-4-10(13)12(11)14/h2,4-5H,3,6-9,14H2,1H3. The van der Waals surface area contributed by atoms with E-state index in [9.17, 15) is 0 Å².